The molecular formula is C21H32N2O4. The van der Waals surface area contributed by atoms with E-state index in [1.54, 1.807) is 20.8 Å². The van der Waals surface area contributed by atoms with Gasteiger partial charge in [0.1, 0.15) is 11.6 Å². The molecule has 150 valence electrons. The number of carbonyl (C=O) groups is 2. The van der Waals surface area contributed by atoms with Crippen LogP contribution in [0, 0.1) is 13.8 Å². The minimum atomic E-state index is -1.07. The van der Waals surface area contributed by atoms with Gasteiger partial charge >= 0.3 is 12.1 Å². The highest BCUT2D eigenvalue weighted by molar-refractivity contribution is 5.80. The molecule has 1 aliphatic rings. The van der Waals surface area contributed by atoms with Gasteiger partial charge in [-0.2, -0.15) is 0 Å². The first-order valence-electron chi connectivity index (χ1n) is 9.65. The Morgan fingerprint density at radius 2 is 1.78 bits per heavy atom. The fourth-order valence-corrected chi connectivity index (χ4v) is 3.43. The van der Waals surface area contributed by atoms with Gasteiger partial charge in [0, 0.05) is 25.2 Å². The summed E-state index contributed by atoms with van der Waals surface area (Å²) in [6.45, 7) is 11.5. The van der Waals surface area contributed by atoms with Gasteiger partial charge in [0.2, 0.25) is 0 Å². The molecule has 0 bridgehead atoms. The molecular weight excluding hydrogens is 344 g/mol. The Labute approximate surface area is 161 Å². The van der Waals surface area contributed by atoms with E-state index in [0.717, 1.165) is 24.2 Å². The van der Waals surface area contributed by atoms with Gasteiger partial charge < -0.3 is 20.1 Å². The highest BCUT2D eigenvalue weighted by Crippen LogP contribution is 2.28. The molecule has 0 spiro atoms. The van der Waals surface area contributed by atoms with Crippen molar-refractivity contribution < 1.29 is 19.4 Å². The van der Waals surface area contributed by atoms with Gasteiger partial charge in [0.05, 0.1) is 0 Å². The van der Waals surface area contributed by atoms with Crippen LogP contribution in [-0.4, -0.2) is 41.9 Å². The van der Waals surface area contributed by atoms with E-state index in [9.17, 15) is 14.7 Å². The van der Waals surface area contributed by atoms with E-state index in [0.29, 0.717) is 0 Å². The molecule has 1 atom stereocenters. The summed E-state index contributed by atoms with van der Waals surface area (Å²) in [5.41, 5.74) is 3.74. The quantitative estimate of drug-likeness (QED) is 0.817. The SMILES string of the molecule is Cc1c(CC(NC(=O)OC(C)(C)C)C(=O)O)ccc(N2CCCCC2)c1C. The van der Waals surface area contributed by atoms with Gasteiger partial charge in [-0.25, -0.2) is 9.59 Å². The van der Waals surface area contributed by atoms with Crippen LogP contribution in [0.15, 0.2) is 12.1 Å². The zero-order valence-corrected chi connectivity index (χ0v) is 17.1. The first-order chi connectivity index (χ1) is 12.6. The van der Waals surface area contributed by atoms with E-state index in [1.165, 1.54) is 30.5 Å². The number of nitrogens with one attached hydrogen (secondary N) is 1. The molecule has 1 saturated heterocycles. The van der Waals surface area contributed by atoms with Gasteiger partial charge in [-0.3, -0.25) is 0 Å². The van der Waals surface area contributed by atoms with E-state index in [-0.39, 0.29) is 6.42 Å². The summed E-state index contributed by atoms with van der Waals surface area (Å²) in [7, 11) is 0. The Balaban J connectivity index is 2.14. The number of carboxylic acids is 1. The van der Waals surface area contributed by atoms with Gasteiger partial charge in [-0.1, -0.05) is 6.07 Å². The number of rotatable bonds is 5. The number of carboxylic acid groups (broad SMARTS) is 1. The Morgan fingerprint density at radius 3 is 2.33 bits per heavy atom. The van der Waals surface area contributed by atoms with Gasteiger partial charge in [0.25, 0.3) is 0 Å². The Bertz CT molecular complexity index is 688. The second kappa shape index (κ2) is 8.63. The van der Waals surface area contributed by atoms with Crippen molar-refractivity contribution in [2.24, 2.45) is 0 Å². The van der Waals surface area contributed by atoms with Crippen molar-refractivity contribution in [1.82, 2.24) is 5.32 Å². The lowest BCUT2D eigenvalue weighted by atomic mass is 9.95. The minimum Gasteiger partial charge on any atom is -0.480 e. The van der Waals surface area contributed by atoms with Gasteiger partial charge in [0.15, 0.2) is 0 Å². The van der Waals surface area contributed by atoms with Crippen LogP contribution in [-0.2, 0) is 16.0 Å². The smallest absolute Gasteiger partial charge is 0.408 e. The molecule has 27 heavy (non-hydrogen) atoms. The maximum atomic E-state index is 12.0. The molecule has 2 rings (SSSR count). The molecule has 1 aromatic carbocycles. The predicted molar refractivity (Wildman–Crippen MR) is 106 cm³/mol. The molecule has 1 fully saturated rings. The van der Waals surface area contributed by atoms with Crippen LogP contribution in [0.3, 0.4) is 0 Å². The number of carbonyl (C=O) groups excluding carboxylic acids is 1. The number of nitrogens with zero attached hydrogens (tertiary/aromatic N) is 1. The lowest BCUT2D eigenvalue weighted by molar-refractivity contribution is -0.139. The van der Waals surface area contributed by atoms with E-state index in [4.69, 9.17) is 4.74 Å². The first kappa shape index (κ1) is 21.1. The number of aliphatic carboxylic acids is 1. The third kappa shape index (κ3) is 5.88. The molecule has 2 N–H and O–H groups in total. The minimum absolute atomic E-state index is 0.224. The largest absolute Gasteiger partial charge is 0.480 e. The maximum absolute atomic E-state index is 12.0. The molecule has 6 nitrogen and oxygen atoms in total. The lowest BCUT2D eigenvalue weighted by Crippen LogP contribution is -2.44. The highest BCUT2D eigenvalue weighted by Gasteiger charge is 2.25. The van der Waals surface area contributed by atoms with Crippen molar-refractivity contribution in [2.45, 2.75) is 71.9 Å². The molecule has 1 amide bonds. The van der Waals surface area contributed by atoms with Crippen molar-refractivity contribution in [3.63, 3.8) is 0 Å². The zero-order valence-electron chi connectivity index (χ0n) is 17.1. The number of piperidine rings is 1. The van der Waals surface area contributed by atoms with Crippen LogP contribution in [0.4, 0.5) is 10.5 Å². The molecule has 0 aliphatic carbocycles. The normalized spacial score (nSPS) is 16.0. The topological polar surface area (TPSA) is 78.9 Å². The lowest BCUT2D eigenvalue weighted by Gasteiger charge is -2.31. The van der Waals surface area contributed by atoms with Crippen LogP contribution < -0.4 is 10.2 Å². The fraction of sp³-hybridized carbons (Fsp3) is 0.619. The molecule has 0 saturated carbocycles. The van der Waals surface area contributed by atoms with Crippen LogP contribution in [0.1, 0.15) is 56.7 Å². The summed E-state index contributed by atoms with van der Waals surface area (Å²) >= 11 is 0. The third-order valence-electron chi connectivity index (χ3n) is 4.98. The maximum Gasteiger partial charge on any atom is 0.408 e. The first-order valence-corrected chi connectivity index (χ1v) is 9.65. The van der Waals surface area contributed by atoms with E-state index in [1.807, 2.05) is 13.0 Å². The standard InChI is InChI=1S/C21H32N2O4/c1-14-15(2)18(23-11-7-6-8-12-23)10-9-16(14)13-17(19(24)25)22-20(26)27-21(3,4)5/h9-10,17H,6-8,11-13H2,1-5H3,(H,22,26)(H,24,25). The summed E-state index contributed by atoms with van der Waals surface area (Å²) in [6, 6.07) is 3.03. The molecule has 1 unspecified atom stereocenters. The van der Waals surface area contributed by atoms with Crippen LogP contribution in [0.5, 0.6) is 0 Å². The van der Waals surface area contributed by atoms with Gasteiger partial charge in [-0.05, 0) is 76.6 Å². The van der Waals surface area contributed by atoms with Crippen molar-refractivity contribution in [1.29, 1.82) is 0 Å². The molecule has 1 heterocycles. The average molecular weight is 376 g/mol. The second-order valence-corrected chi connectivity index (χ2v) is 8.28. The number of amides is 1. The van der Waals surface area contributed by atoms with Crippen LogP contribution >= 0.6 is 0 Å². The number of benzene rings is 1. The second-order valence-electron chi connectivity index (χ2n) is 8.28. The zero-order chi connectivity index (χ0) is 20.2. The third-order valence-corrected chi connectivity index (χ3v) is 4.98. The summed E-state index contributed by atoms with van der Waals surface area (Å²) in [5.74, 6) is -1.07. The average Bonchev–Trinajstić information content (AvgIpc) is 2.57. The predicted octanol–water partition coefficient (Wildman–Crippen LogP) is 3.81. The number of hydrogen-bond acceptors (Lipinski definition) is 4. The summed E-state index contributed by atoms with van der Waals surface area (Å²) in [6.07, 6.45) is 3.21. The Kier molecular flexibility index (Phi) is 6.73. The van der Waals surface area contributed by atoms with E-state index >= 15 is 0 Å². The van der Waals surface area contributed by atoms with E-state index < -0.39 is 23.7 Å². The summed E-state index contributed by atoms with van der Waals surface area (Å²) < 4.78 is 5.19. The van der Waals surface area contributed by atoms with Gasteiger partial charge in [-0.15, -0.1) is 0 Å². The van der Waals surface area contributed by atoms with Crippen LogP contribution in [0.25, 0.3) is 0 Å². The van der Waals surface area contributed by atoms with Crippen molar-refractivity contribution in [3.05, 3.63) is 28.8 Å². The number of hydrogen-bond donors (Lipinski definition) is 2. The highest BCUT2D eigenvalue weighted by atomic mass is 16.6. The number of ether oxygens (including phenoxy) is 1. The van der Waals surface area contributed by atoms with Crippen LogP contribution in [0.2, 0.25) is 0 Å². The molecule has 0 aromatic heterocycles. The molecule has 0 radical (unpaired) electrons. The molecule has 6 heteroatoms. The summed E-state index contributed by atoms with van der Waals surface area (Å²) in [5, 5.41) is 12.0. The van der Waals surface area contributed by atoms with E-state index in [2.05, 4.69) is 23.2 Å². The molecule has 1 aromatic rings. The Hall–Kier alpha value is -2.24. The van der Waals surface area contributed by atoms with Crippen molar-refractivity contribution in [3.8, 4) is 0 Å². The van der Waals surface area contributed by atoms with Crippen molar-refractivity contribution in [2.75, 3.05) is 18.0 Å². The molecule has 1 aliphatic heterocycles. The number of anilines is 1. The monoisotopic (exact) mass is 376 g/mol. The van der Waals surface area contributed by atoms with Crippen molar-refractivity contribution >= 4 is 17.7 Å². The summed E-state index contributed by atoms with van der Waals surface area (Å²) in [4.78, 5) is 26.0. The Morgan fingerprint density at radius 1 is 1.15 bits per heavy atom. The fourth-order valence-electron chi connectivity index (χ4n) is 3.43. The number of alkyl carbamates (subject to hydrolysis) is 1.